The lowest BCUT2D eigenvalue weighted by molar-refractivity contribution is -0.139. The zero-order valence-electron chi connectivity index (χ0n) is 19.3. The summed E-state index contributed by atoms with van der Waals surface area (Å²) in [5.74, 6) is 0.446. The molecule has 2 atom stereocenters. The van der Waals surface area contributed by atoms with Crippen LogP contribution in [0.25, 0.3) is 0 Å². The van der Waals surface area contributed by atoms with E-state index in [9.17, 15) is 14.4 Å². The number of amides is 3. The molecule has 7 nitrogen and oxygen atoms in total. The Balaban J connectivity index is 1.30. The molecule has 7 heteroatoms. The summed E-state index contributed by atoms with van der Waals surface area (Å²) in [5, 5.41) is 2.87. The molecule has 2 heterocycles. The van der Waals surface area contributed by atoms with Gasteiger partial charge in [-0.15, -0.1) is 0 Å². The Hall–Kier alpha value is -3.35. The lowest BCUT2D eigenvalue weighted by atomic mass is 9.97. The fourth-order valence-electron chi connectivity index (χ4n) is 4.68. The molecule has 3 amide bonds. The monoisotopic (exact) mass is 449 g/mol. The maximum Gasteiger partial charge on any atom is 0.260 e. The zero-order chi connectivity index (χ0) is 23.4. The van der Waals surface area contributed by atoms with Crippen molar-refractivity contribution in [3.63, 3.8) is 0 Å². The minimum atomic E-state index is -0.237. The van der Waals surface area contributed by atoms with E-state index in [0.29, 0.717) is 23.4 Å². The highest BCUT2D eigenvalue weighted by Gasteiger charge is 2.29. The van der Waals surface area contributed by atoms with Crippen LogP contribution in [-0.4, -0.2) is 47.9 Å². The molecule has 0 aromatic heterocycles. The highest BCUT2D eigenvalue weighted by atomic mass is 16.5. The van der Waals surface area contributed by atoms with Gasteiger partial charge in [0.15, 0.2) is 6.61 Å². The van der Waals surface area contributed by atoms with E-state index in [-0.39, 0.29) is 36.4 Å². The highest BCUT2D eigenvalue weighted by Crippen LogP contribution is 2.24. The molecular weight excluding hydrogens is 418 g/mol. The lowest BCUT2D eigenvalue weighted by Crippen LogP contribution is -2.49. The maximum absolute atomic E-state index is 12.6. The smallest absolute Gasteiger partial charge is 0.260 e. The molecule has 0 unspecified atom stereocenters. The first-order valence-electron chi connectivity index (χ1n) is 11.7. The summed E-state index contributed by atoms with van der Waals surface area (Å²) < 4.78 is 5.69. The Morgan fingerprint density at radius 2 is 1.64 bits per heavy atom. The number of carbonyl (C=O) groups excluding carboxylic acids is 3. The van der Waals surface area contributed by atoms with Gasteiger partial charge in [-0.25, -0.2) is 0 Å². The van der Waals surface area contributed by atoms with Crippen LogP contribution in [0.15, 0.2) is 48.5 Å². The van der Waals surface area contributed by atoms with Crippen molar-refractivity contribution in [3.05, 3.63) is 54.1 Å². The fourth-order valence-corrected chi connectivity index (χ4v) is 4.68. The van der Waals surface area contributed by atoms with Crippen molar-refractivity contribution in [2.75, 3.05) is 23.4 Å². The van der Waals surface area contributed by atoms with Gasteiger partial charge in [-0.2, -0.15) is 0 Å². The molecule has 0 aliphatic carbocycles. The molecule has 2 aliphatic rings. The van der Waals surface area contributed by atoms with Crippen molar-refractivity contribution in [2.45, 2.75) is 58.0 Å². The lowest BCUT2D eigenvalue weighted by Gasteiger charge is -2.38. The van der Waals surface area contributed by atoms with Crippen LogP contribution in [0.2, 0.25) is 0 Å². The first-order valence-corrected chi connectivity index (χ1v) is 11.7. The van der Waals surface area contributed by atoms with Gasteiger partial charge in [0.1, 0.15) is 5.75 Å². The summed E-state index contributed by atoms with van der Waals surface area (Å²) in [6.07, 6.45) is 4.67. The Morgan fingerprint density at radius 3 is 2.24 bits per heavy atom. The van der Waals surface area contributed by atoms with Gasteiger partial charge in [0, 0.05) is 42.0 Å². The second kappa shape index (κ2) is 10.1. The minimum Gasteiger partial charge on any atom is -0.484 e. The Labute approximate surface area is 194 Å². The topological polar surface area (TPSA) is 79.0 Å². The largest absolute Gasteiger partial charge is 0.484 e. The molecule has 2 aliphatic heterocycles. The van der Waals surface area contributed by atoms with Crippen LogP contribution in [0.1, 0.15) is 56.3 Å². The van der Waals surface area contributed by atoms with Crippen molar-refractivity contribution in [1.29, 1.82) is 0 Å². The molecule has 2 aromatic rings. The van der Waals surface area contributed by atoms with Crippen LogP contribution in [0.3, 0.4) is 0 Å². The number of anilines is 2. The van der Waals surface area contributed by atoms with E-state index in [4.69, 9.17) is 4.74 Å². The number of likely N-dealkylation sites (tertiary alicyclic amines) is 1. The van der Waals surface area contributed by atoms with Crippen LogP contribution < -0.4 is 15.0 Å². The first-order chi connectivity index (χ1) is 15.9. The van der Waals surface area contributed by atoms with Crippen LogP contribution in [0.4, 0.5) is 11.4 Å². The van der Waals surface area contributed by atoms with E-state index < -0.39 is 0 Å². The summed E-state index contributed by atoms with van der Waals surface area (Å²) >= 11 is 0. The van der Waals surface area contributed by atoms with Crippen molar-refractivity contribution in [1.82, 2.24) is 4.90 Å². The molecule has 2 fully saturated rings. The molecule has 2 aromatic carbocycles. The number of hydrogen-bond acceptors (Lipinski definition) is 4. The van der Waals surface area contributed by atoms with Gasteiger partial charge < -0.3 is 19.9 Å². The fraction of sp³-hybridized carbons (Fsp3) is 0.423. The summed E-state index contributed by atoms with van der Waals surface area (Å²) in [6, 6.07) is 14.5. The maximum atomic E-state index is 12.6. The van der Waals surface area contributed by atoms with Crippen LogP contribution in [-0.2, 0) is 9.59 Å². The van der Waals surface area contributed by atoms with E-state index in [1.165, 1.54) is 0 Å². The van der Waals surface area contributed by atoms with Crippen LogP contribution >= 0.6 is 0 Å². The number of carbonyl (C=O) groups is 3. The normalized spacial score (nSPS) is 20.6. The Kier molecular flexibility index (Phi) is 6.96. The summed E-state index contributed by atoms with van der Waals surface area (Å²) in [6.45, 7) is 4.90. The van der Waals surface area contributed by atoms with E-state index >= 15 is 0 Å². The molecule has 0 bridgehead atoms. The molecule has 174 valence electrons. The molecule has 4 rings (SSSR count). The Bertz CT molecular complexity index is 993. The minimum absolute atomic E-state index is 0.00408. The number of piperidine rings is 1. The predicted octanol–water partition coefficient (Wildman–Crippen LogP) is 4.23. The molecule has 0 radical (unpaired) electrons. The van der Waals surface area contributed by atoms with Crippen molar-refractivity contribution < 1.29 is 19.1 Å². The van der Waals surface area contributed by atoms with E-state index in [2.05, 4.69) is 19.2 Å². The third-order valence-corrected chi connectivity index (χ3v) is 6.47. The molecule has 2 saturated heterocycles. The van der Waals surface area contributed by atoms with Crippen LogP contribution in [0, 0.1) is 0 Å². The molecule has 1 N–H and O–H groups in total. The summed E-state index contributed by atoms with van der Waals surface area (Å²) in [5.41, 5.74) is 2.00. The second-order valence-electron chi connectivity index (χ2n) is 8.89. The quantitative estimate of drug-likeness (QED) is 0.716. The SMILES string of the molecule is C[C@@H]1CCC[C@H](C)N1C(=O)COc1ccc(C(=O)Nc2ccc(N3CCCC3=O)cc2)cc1. The van der Waals surface area contributed by atoms with Gasteiger partial charge in [-0.05, 0) is 88.1 Å². The molecule has 0 spiro atoms. The molecule has 33 heavy (non-hydrogen) atoms. The number of benzene rings is 2. The number of nitrogens with one attached hydrogen (secondary N) is 1. The van der Waals surface area contributed by atoms with Gasteiger partial charge in [0.25, 0.3) is 11.8 Å². The van der Waals surface area contributed by atoms with E-state index in [1.54, 1.807) is 41.3 Å². The van der Waals surface area contributed by atoms with Gasteiger partial charge in [0.05, 0.1) is 0 Å². The summed E-state index contributed by atoms with van der Waals surface area (Å²) in [4.78, 5) is 40.8. The molecular formula is C26H31N3O4. The number of hydrogen-bond donors (Lipinski definition) is 1. The van der Waals surface area contributed by atoms with Crippen molar-refractivity contribution in [2.24, 2.45) is 0 Å². The van der Waals surface area contributed by atoms with E-state index in [0.717, 1.165) is 37.9 Å². The van der Waals surface area contributed by atoms with Crippen molar-refractivity contribution in [3.8, 4) is 5.75 Å². The van der Waals surface area contributed by atoms with Crippen LogP contribution in [0.5, 0.6) is 5.75 Å². The number of rotatable bonds is 6. The predicted molar refractivity (Wildman–Crippen MR) is 128 cm³/mol. The number of nitrogens with zero attached hydrogens (tertiary/aromatic N) is 2. The van der Waals surface area contributed by atoms with E-state index in [1.807, 2.05) is 17.0 Å². The average Bonchev–Trinajstić information content (AvgIpc) is 3.24. The standard InChI is InChI=1S/C26H31N3O4/c1-18-5-3-6-19(2)29(18)25(31)17-33-23-14-8-20(9-15-23)26(32)27-21-10-12-22(13-11-21)28-16-4-7-24(28)30/h8-15,18-19H,3-7,16-17H2,1-2H3,(H,27,32)/t18-,19+. The van der Waals surface area contributed by atoms with Gasteiger partial charge in [-0.3, -0.25) is 14.4 Å². The third kappa shape index (κ3) is 5.35. The van der Waals surface area contributed by atoms with Gasteiger partial charge in [-0.1, -0.05) is 0 Å². The van der Waals surface area contributed by atoms with Gasteiger partial charge >= 0.3 is 0 Å². The van der Waals surface area contributed by atoms with Crippen molar-refractivity contribution >= 4 is 29.1 Å². The Morgan fingerprint density at radius 1 is 0.970 bits per heavy atom. The summed E-state index contributed by atoms with van der Waals surface area (Å²) in [7, 11) is 0. The highest BCUT2D eigenvalue weighted by molar-refractivity contribution is 6.04. The second-order valence-corrected chi connectivity index (χ2v) is 8.89. The first kappa shape index (κ1) is 22.8. The zero-order valence-corrected chi connectivity index (χ0v) is 19.3. The average molecular weight is 450 g/mol. The number of ether oxygens (including phenoxy) is 1. The van der Waals surface area contributed by atoms with Gasteiger partial charge in [0.2, 0.25) is 5.91 Å². The molecule has 0 saturated carbocycles. The third-order valence-electron chi connectivity index (χ3n) is 6.47.